The zero-order valence-corrected chi connectivity index (χ0v) is 12.3. The number of aromatic nitrogens is 1. The van der Waals surface area contributed by atoms with E-state index in [1.54, 1.807) is 0 Å². The molecule has 1 aromatic carbocycles. The average Bonchev–Trinajstić information content (AvgIpc) is 2.85. The van der Waals surface area contributed by atoms with E-state index in [1.165, 1.54) is 36.0 Å². The molecule has 2 heteroatoms. The molecule has 0 aliphatic heterocycles. The summed E-state index contributed by atoms with van der Waals surface area (Å²) in [6.45, 7) is 4.06. The van der Waals surface area contributed by atoms with Crippen LogP contribution in [0.25, 0.3) is 0 Å². The van der Waals surface area contributed by atoms with E-state index in [-0.39, 0.29) is 6.04 Å². The predicted octanol–water partition coefficient (Wildman–Crippen LogP) is 3.43. The highest BCUT2D eigenvalue weighted by Gasteiger charge is 2.14. The van der Waals surface area contributed by atoms with Gasteiger partial charge in [-0.05, 0) is 67.9 Å². The van der Waals surface area contributed by atoms with Crippen LogP contribution in [0.2, 0.25) is 0 Å². The lowest BCUT2D eigenvalue weighted by atomic mass is 9.96. The van der Waals surface area contributed by atoms with Crippen LogP contribution < -0.4 is 5.73 Å². The fourth-order valence-electron chi connectivity index (χ4n) is 3.21. The fraction of sp³-hybridized carbons (Fsp3) is 0.389. The first-order valence-corrected chi connectivity index (χ1v) is 7.44. The highest BCUT2D eigenvalue weighted by atomic mass is 14.7. The molecule has 0 amide bonds. The van der Waals surface area contributed by atoms with Crippen molar-refractivity contribution in [3.8, 4) is 0 Å². The highest BCUT2D eigenvalue weighted by Crippen LogP contribution is 2.25. The van der Waals surface area contributed by atoms with E-state index >= 15 is 0 Å². The number of hydrogen-bond donors (Lipinski definition) is 1. The number of hydrogen-bond acceptors (Lipinski definition) is 2. The Labute approximate surface area is 121 Å². The normalized spacial score (nSPS) is 15.2. The zero-order chi connectivity index (χ0) is 14.1. The molecule has 20 heavy (non-hydrogen) atoms. The Morgan fingerprint density at radius 3 is 2.70 bits per heavy atom. The molecule has 3 rings (SSSR count). The SMILES string of the molecule is Cc1ccc(C(N)Cc2ccc3c(c2)CCC3)c(C)n1. The van der Waals surface area contributed by atoms with Gasteiger partial charge in [-0.25, -0.2) is 0 Å². The smallest absolute Gasteiger partial charge is 0.0423 e. The molecule has 0 radical (unpaired) electrons. The summed E-state index contributed by atoms with van der Waals surface area (Å²) in [5.74, 6) is 0. The van der Waals surface area contributed by atoms with Crippen molar-refractivity contribution in [1.29, 1.82) is 0 Å². The summed E-state index contributed by atoms with van der Waals surface area (Å²) >= 11 is 0. The van der Waals surface area contributed by atoms with Crippen molar-refractivity contribution in [1.82, 2.24) is 4.98 Å². The number of aryl methyl sites for hydroxylation is 4. The van der Waals surface area contributed by atoms with Crippen molar-refractivity contribution >= 4 is 0 Å². The van der Waals surface area contributed by atoms with E-state index in [2.05, 4.69) is 29.2 Å². The minimum atomic E-state index is 0.0301. The molecule has 2 nitrogen and oxygen atoms in total. The maximum absolute atomic E-state index is 6.38. The number of fused-ring (bicyclic) bond motifs is 1. The summed E-state index contributed by atoms with van der Waals surface area (Å²) in [6.07, 6.45) is 4.65. The Hall–Kier alpha value is -1.67. The van der Waals surface area contributed by atoms with Gasteiger partial charge in [-0.3, -0.25) is 4.98 Å². The third kappa shape index (κ3) is 2.61. The monoisotopic (exact) mass is 266 g/mol. The van der Waals surface area contributed by atoms with Gasteiger partial charge in [0, 0.05) is 17.4 Å². The Bertz CT molecular complexity index is 631. The van der Waals surface area contributed by atoms with Crippen molar-refractivity contribution in [2.75, 3.05) is 0 Å². The second-order valence-corrected chi connectivity index (χ2v) is 5.89. The average molecular weight is 266 g/mol. The summed E-state index contributed by atoms with van der Waals surface area (Å²) in [6, 6.07) is 11.1. The molecule has 0 saturated carbocycles. The first kappa shape index (κ1) is 13.3. The summed E-state index contributed by atoms with van der Waals surface area (Å²) in [5, 5.41) is 0. The van der Waals surface area contributed by atoms with Gasteiger partial charge >= 0.3 is 0 Å². The van der Waals surface area contributed by atoms with Gasteiger partial charge < -0.3 is 5.73 Å². The van der Waals surface area contributed by atoms with Crippen LogP contribution in [-0.4, -0.2) is 4.98 Å². The molecule has 1 heterocycles. The molecule has 0 spiro atoms. The van der Waals surface area contributed by atoms with Gasteiger partial charge in [0.05, 0.1) is 0 Å². The molecule has 0 bridgehead atoms. The van der Waals surface area contributed by atoms with Gasteiger partial charge in [0.2, 0.25) is 0 Å². The van der Waals surface area contributed by atoms with Crippen molar-refractivity contribution in [3.63, 3.8) is 0 Å². The van der Waals surface area contributed by atoms with Gasteiger partial charge in [0.25, 0.3) is 0 Å². The van der Waals surface area contributed by atoms with E-state index in [0.717, 1.165) is 23.4 Å². The van der Waals surface area contributed by atoms with E-state index in [9.17, 15) is 0 Å². The molecule has 1 aliphatic rings. The van der Waals surface area contributed by atoms with Crippen molar-refractivity contribution in [2.45, 2.75) is 45.6 Å². The number of pyridine rings is 1. The summed E-state index contributed by atoms with van der Waals surface area (Å²) in [5.41, 5.74) is 14.0. The first-order chi connectivity index (χ1) is 9.63. The van der Waals surface area contributed by atoms with Gasteiger partial charge in [0.1, 0.15) is 0 Å². The van der Waals surface area contributed by atoms with E-state index in [0.29, 0.717) is 0 Å². The molecular formula is C18H22N2. The minimum absolute atomic E-state index is 0.0301. The molecule has 1 aliphatic carbocycles. The lowest BCUT2D eigenvalue weighted by molar-refractivity contribution is 0.709. The second kappa shape index (κ2) is 5.37. The molecule has 1 atom stereocenters. The van der Waals surface area contributed by atoms with Crippen LogP contribution in [-0.2, 0) is 19.3 Å². The Kier molecular flexibility index (Phi) is 3.58. The first-order valence-electron chi connectivity index (χ1n) is 7.44. The van der Waals surface area contributed by atoms with E-state index < -0.39 is 0 Å². The minimum Gasteiger partial charge on any atom is -0.324 e. The Balaban J connectivity index is 1.80. The summed E-state index contributed by atoms with van der Waals surface area (Å²) in [4.78, 5) is 4.51. The molecule has 0 fully saturated rings. The van der Waals surface area contributed by atoms with E-state index in [4.69, 9.17) is 5.73 Å². The van der Waals surface area contributed by atoms with Gasteiger partial charge in [-0.2, -0.15) is 0 Å². The second-order valence-electron chi connectivity index (χ2n) is 5.89. The van der Waals surface area contributed by atoms with Crippen molar-refractivity contribution < 1.29 is 0 Å². The molecular weight excluding hydrogens is 244 g/mol. The van der Waals surface area contributed by atoms with Crippen LogP contribution in [0.15, 0.2) is 30.3 Å². The maximum Gasteiger partial charge on any atom is 0.0423 e. The standard InChI is InChI=1S/C18H22N2/c1-12-6-9-17(13(2)20-12)18(19)11-14-7-8-15-4-3-5-16(15)10-14/h6-10,18H,3-5,11,19H2,1-2H3. The van der Waals surface area contributed by atoms with Gasteiger partial charge in [0.15, 0.2) is 0 Å². The molecule has 1 unspecified atom stereocenters. The van der Waals surface area contributed by atoms with Crippen LogP contribution in [0.4, 0.5) is 0 Å². The highest BCUT2D eigenvalue weighted by molar-refractivity contribution is 5.36. The lowest BCUT2D eigenvalue weighted by Crippen LogP contribution is -2.15. The Morgan fingerprint density at radius 1 is 1.10 bits per heavy atom. The molecule has 2 aromatic rings. The van der Waals surface area contributed by atoms with Crippen LogP contribution in [0.5, 0.6) is 0 Å². The van der Waals surface area contributed by atoms with Crippen LogP contribution in [0.3, 0.4) is 0 Å². The molecule has 104 valence electrons. The third-order valence-electron chi connectivity index (χ3n) is 4.28. The lowest BCUT2D eigenvalue weighted by Gasteiger charge is -2.15. The van der Waals surface area contributed by atoms with Gasteiger partial charge in [-0.1, -0.05) is 24.3 Å². The largest absolute Gasteiger partial charge is 0.324 e. The molecule has 1 aromatic heterocycles. The topological polar surface area (TPSA) is 38.9 Å². The predicted molar refractivity (Wildman–Crippen MR) is 82.8 cm³/mol. The number of rotatable bonds is 3. The Morgan fingerprint density at radius 2 is 1.90 bits per heavy atom. The molecule has 2 N–H and O–H groups in total. The fourth-order valence-corrected chi connectivity index (χ4v) is 3.21. The zero-order valence-electron chi connectivity index (χ0n) is 12.3. The van der Waals surface area contributed by atoms with Crippen LogP contribution in [0, 0.1) is 13.8 Å². The van der Waals surface area contributed by atoms with Crippen LogP contribution >= 0.6 is 0 Å². The number of nitrogens with zero attached hydrogens (tertiary/aromatic N) is 1. The van der Waals surface area contributed by atoms with E-state index in [1.807, 2.05) is 19.9 Å². The molecule has 0 saturated heterocycles. The van der Waals surface area contributed by atoms with Crippen molar-refractivity contribution in [2.24, 2.45) is 5.73 Å². The van der Waals surface area contributed by atoms with Crippen molar-refractivity contribution in [3.05, 3.63) is 64.0 Å². The number of nitrogens with two attached hydrogens (primary N) is 1. The summed E-state index contributed by atoms with van der Waals surface area (Å²) in [7, 11) is 0. The van der Waals surface area contributed by atoms with Crippen LogP contribution in [0.1, 0.15) is 46.1 Å². The third-order valence-corrected chi connectivity index (χ3v) is 4.28. The van der Waals surface area contributed by atoms with Gasteiger partial charge in [-0.15, -0.1) is 0 Å². The maximum atomic E-state index is 6.38. The number of benzene rings is 1. The summed E-state index contributed by atoms with van der Waals surface area (Å²) < 4.78 is 0. The quantitative estimate of drug-likeness (QED) is 0.924.